The molecule has 1 aromatic rings. The van der Waals surface area contributed by atoms with E-state index >= 15 is 0 Å². The lowest BCUT2D eigenvalue weighted by atomic mass is 10.1. The largest absolute Gasteiger partial charge is 0.258 e. The van der Waals surface area contributed by atoms with Crippen molar-refractivity contribution in [1.29, 1.82) is 0 Å². The molecule has 0 N–H and O–H groups in total. The van der Waals surface area contributed by atoms with Crippen molar-refractivity contribution in [2.45, 2.75) is 32.6 Å². The minimum Gasteiger partial charge on any atom is -0.258 e. The third-order valence-corrected chi connectivity index (χ3v) is 3.83. The Kier molecular flexibility index (Phi) is 2.67. The van der Waals surface area contributed by atoms with Crippen LogP contribution < -0.4 is 0 Å². The van der Waals surface area contributed by atoms with Gasteiger partial charge in [0.1, 0.15) is 0 Å². The second-order valence-electron chi connectivity index (χ2n) is 3.63. The van der Waals surface area contributed by atoms with E-state index in [1.54, 1.807) is 13.8 Å². The van der Waals surface area contributed by atoms with E-state index in [9.17, 15) is 8.42 Å². The zero-order valence-electron chi connectivity index (χ0n) is 9.17. The monoisotopic (exact) mass is 213 g/mol. The summed E-state index contributed by atoms with van der Waals surface area (Å²) in [6.45, 7) is 7.25. The molecule has 1 rings (SSSR count). The average Bonchev–Trinajstić information content (AvgIpc) is 1.98. The minimum absolute atomic E-state index is 0.433. The predicted molar refractivity (Wildman–Crippen MR) is 56.3 cm³/mol. The fourth-order valence-corrected chi connectivity index (χ4v) is 2.99. The smallest absolute Gasteiger partial charge is 0.176 e. The highest BCUT2D eigenvalue weighted by Crippen LogP contribution is 2.23. The third kappa shape index (κ3) is 1.80. The Morgan fingerprint density at radius 2 is 1.29 bits per heavy atom. The Hall–Kier alpha value is -0.900. The Labute approximate surface area is 85.1 Å². The van der Waals surface area contributed by atoms with Crippen LogP contribution in [0.4, 0.5) is 0 Å². The molecule has 0 spiro atoms. The van der Waals surface area contributed by atoms with Gasteiger partial charge in [-0.15, -0.1) is 0 Å². The summed E-state index contributed by atoms with van der Waals surface area (Å²) in [6.07, 6.45) is 1.24. The number of aryl methyl sites for hydroxylation is 2. The highest BCUT2D eigenvalue weighted by atomic mass is 32.2. The first kappa shape index (κ1) is 11.2. The van der Waals surface area contributed by atoms with Crippen LogP contribution in [-0.2, 0) is 9.84 Å². The van der Waals surface area contributed by atoms with Crippen LogP contribution in [-0.4, -0.2) is 19.7 Å². The maximum Gasteiger partial charge on any atom is 0.176 e. The van der Waals surface area contributed by atoms with Gasteiger partial charge in [0.25, 0.3) is 0 Å². The molecular formula is C10H15NO2S. The molecule has 1 aromatic heterocycles. The lowest BCUT2D eigenvalue weighted by Gasteiger charge is -2.12. The molecule has 0 saturated heterocycles. The van der Waals surface area contributed by atoms with Gasteiger partial charge >= 0.3 is 0 Å². The number of hydrogen-bond acceptors (Lipinski definition) is 3. The maximum absolute atomic E-state index is 11.6. The van der Waals surface area contributed by atoms with Crippen LogP contribution in [0.3, 0.4) is 0 Å². The van der Waals surface area contributed by atoms with Crippen molar-refractivity contribution < 1.29 is 8.42 Å². The molecule has 0 aliphatic carbocycles. The highest BCUT2D eigenvalue weighted by molar-refractivity contribution is 7.90. The topological polar surface area (TPSA) is 47.0 Å². The Balaban J connectivity index is 3.74. The van der Waals surface area contributed by atoms with Gasteiger partial charge < -0.3 is 0 Å². The minimum atomic E-state index is -3.15. The molecule has 0 saturated carbocycles. The lowest BCUT2D eigenvalue weighted by Crippen LogP contribution is -2.08. The summed E-state index contributed by atoms with van der Waals surface area (Å²) in [4.78, 5) is 4.72. The van der Waals surface area contributed by atoms with Gasteiger partial charge in [0.15, 0.2) is 9.84 Å². The first-order valence-electron chi connectivity index (χ1n) is 4.39. The first-order valence-corrected chi connectivity index (χ1v) is 6.28. The van der Waals surface area contributed by atoms with E-state index in [0.29, 0.717) is 4.90 Å². The van der Waals surface area contributed by atoms with Gasteiger partial charge in [-0.25, -0.2) is 8.42 Å². The van der Waals surface area contributed by atoms with Crippen LogP contribution in [0, 0.1) is 27.7 Å². The lowest BCUT2D eigenvalue weighted by molar-refractivity contribution is 0.600. The van der Waals surface area contributed by atoms with Crippen LogP contribution in [0.1, 0.15) is 22.5 Å². The maximum atomic E-state index is 11.6. The molecule has 0 fully saturated rings. The van der Waals surface area contributed by atoms with Crippen molar-refractivity contribution in [3.63, 3.8) is 0 Å². The summed E-state index contributed by atoms with van der Waals surface area (Å²) in [5.41, 5.74) is 3.09. The van der Waals surface area contributed by atoms with E-state index in [1.165, 1.54) is 6.26 Å². The van der Waals surface area contributed by atoms with Gasteiger partial charge in [0.05, 0.1) is 4.90 Å². The molecule has 0 aromatic carbocycles. The Morgan fingerprint density at radius 1 is 0.929 bits per heavy atom. The van der Waals surface area contributed by atoms with Gasteiger partial charge in [-0.2, -0.15) is 0 Å². The summed E-state index contributed by atoms with van der Waals surface area (Å²) in [5.74, 6) is 0. The van der Waals surface area contributed by atoms with Crippen molar-refractivity contribution in [2.75, 3.05) is 6.26 Å². The zero-order valence-corrected chi connectivity index (χ0v) is 9.99. The number of pyridine rings is 1. The van der Waals surface area contributed by atoms with Crippen molar-refractivity contribution in [3.05, 3.63) is 22.5 Å². The van der Waals surface area contributed by atoms with E-state index in [-0.39, 0.29) is 0 Å². The molecule has 4 heteroatoms. The van der Waals surface area contributed by atoms with Crippen molar-refractivity contribution >= 4 is 9.84 Å². The number of rotatable bonds is 1. The van der Waals surface area contributed by atoms with Gasteiger partial charge in [-0.05, 0) is 38.8 Å². The van der Waals surface area contributed by atoms with Crippen LogP contribution >= 0.6 is 0 Å². The normalized spacial score (nSPS) is 11.8. The van der Waals surface area contributed by atoms with Gasteiger partial charge in [0.2, 0.25) is 0 Å². The van der Waals surface area contributed by atoms with Gasteiger partial charge in [0, 0.05) is 17.6 Å². The number of aromatic nitrogens is 1. The van der Waals surface area contributed by atoms with Gasteiger partial charge in [-0.3, -0.25) is 4.98 Å². The predicted octanol–water partition coefficient (Wildman–Crippen LogP) is 1.72. The van der Waals surface area contributed by atoms with E-state index < -0.39 is 9.84 Å². The SMILES string of the molecule is Cc1nc(C)c(C)c(S(C)(=O)=O)c1C. The van der Waals surface area contributed by atoms with Crippen LogP contribution in [0.25, 0.3) is 0 Å². The standard InChI is InChI=1S/C10H15NO2S/c1-6-8(3)11-9(4)7(2)10(6)14(5,12)13/h1-5H3. The summed E-state index contributed by atoms with van der Waals surface area (Å²) < 4.78 is 23.1. The van der Waals surface area contributed by atoms with Crippen LogP contribution in [0.2, 0.25) is 0 Å². The van der Waals surface area contributed by atoms with E-state index in [0.717, 1.165) is 22.5 Å². The molecule has 0 amide bonds. The first-order chi connectivity index (χ1) is 6.25. The van der Waals surface area contributed by atoms with E-state index in [1.807, 2.05) is 13.8 Å². The highest BCUT2D eigenvalue weighted by Gasteiger charge is 2.17. The molecule has 0 radical (unpaired) electrons. The quantitative estimate of drug-likeness (QED) is 0.713. The zero-order chi connectivity index (χ0) is 11.1. The van der Waals surface area contributed by atoms with Crippen molar-refractivity contribution in [2.24, 2.45) is 0 Å². The molecule has 0 atom stereocenters. The van der Waals surface area contributed by atoms with Crippen molar-refractivity contribution in [1.82, 2.24) is 4.98 Å². The van der Waals surface area contributed by atoms with Gasteiger partial charge in [-0.1, -0.05) is 0 Å². The second-order valence-corrected chi connectivity index (χ2v) is 5.59. The van der Waals surface area contributed by atoms with Crippen LogP contribution in [0.5, 0.6) is 0 Å². The molecule has 3 nitrogen and oxygen atoms in total. The number of nitrogens with zero attached hydrogens (tertiary/aromatic N) is 1. The number of sulfone groups is 1. The molecule has 14 heavy (non-hydrogen) atoms. The molecule has 0 aliphatic rings. The second kappa shape index (κ2) is 3.35. The fourth-order valence-electron chi connectivity index (χ4n) is 1.59. The van der Waals surface area contributed by atoms with E-state index in [4.69, 9.17) is 0 Å². The Bertz CT molecular complexity index is 449. The summed E-state index contributed by atoms with van der Waals surface area (Å²) in [6, 6.07) is 0. The number of hydrogen-bond donors (Lipinski definition) is 0. The molecule has 0 unspecified atom stereocenters. The summed E-state index contributed by atoms with van der Waals surface area (Å²) in [7, 11) is -3.15. The summed E-state index contributed by atoms with van der Waals surface area (Å²) in [5, 5.41) is 0. The average molecular weight is 213 g/mol. The third-order valence-electron chi connectivity index (χ3n) is 2.47. The molecule has 1 heterocycles. The van der Waals surface area contributed by atoms with E-state index in [2.05, 4.69) is 4.98 Å². The summed E-state index contributed by atoms with van der Waals surface area (Å²) >= 11 is 0. The van der Waals surface area contributed by atoms with Crippen molar-refractivity contribution in [3.8, 4) is 0 Å². The molecule has 0 aliphatic heterocycles. The molecule has 78 valence electrons. The fraction of sp³-hybridized carbons (Fsp3) is 0.500. The molecule has 0 bridgehead atoms. The Morgan fingerprint density at radius 3 is 1.57 bits per heavy atom. The molecular weight excluding hydrogens is 198 g/mol. The van der Waals surface area contributed by atoms with Crippen LogP contribution in [0.15, 0.2) is 4.90 Å².